The van der Waals surface area contributed by atoms with E-state index in [9.17, 15) is 0 Å². The van der Waals surface area contributed by atoms with E-state index < -0.39 is 0 Å². The van der Waals surface area contributed by atoms with Crippen molar-refractivity contribution in [2.75, 3.05) is 7.05 Å². The molecule has 0 amide bonds. The van der Waals surface area contributed by atoms with Gasteiger partial charge in [-0.3, -0.25) is 0 Å². The molecule has 0 aromatic heterocycles. The van der Waals surface area contributed by atoms with E-state index >= 15 is 0 Å². The van der Waals surface area contributed by atoms with Gasteiger partial charge in [0.2, 0.25) is 0 Å². The molecule has 0 saturated carbocycles. The van der Waals surface area contributed by atoms with Gasteiger partial charge in [0.25, 0.3) is 0 Å². The molecule has 0 radical (unpaired) electrons. The van der Waals surface area contributed by atoms with E-state index in [0.29, 0.717) is 10.0 Å². The van der Waals surface area contributed by atoms with Gasteiger partial charge < -0.3 is 5.32 Å². The van der Waals surface area contributed by atoms with Crippen molar-refractivity contribution < 1.29 is 0 Å². The maximum absolute atomic E-state index is 6.05. The summed E-state index contributed by atoms with van der Waals surface area (Å²) in [5, 5.41) is 4.55. The fraction of sp³-hybridized carbons (Fsp3) is 0.250. The Hall–Kier alpha value is -1.02. The maximum atomic E-state index is 6.05. The molecule has 0 heterocycles. The third-order valence-corrected chi connectivity index (χ3v) is 3.99. The van der Waals surface area contributed by atoms with Gasteiger partial charge in [-0.1, -0.05) is 59.1 Å². The maximum Gasteiger partial charge on any atom is 0.0595 e. The van der Waals surface area contributed by atoms with Crippen LogP contribution in [0.25, 0.3) is 0 Å². The molecule has 3 heteroatoms. The van der Waals surface area contributed by atoms with Crippen molar-refractivity contribution in [1.29, 1.82) is 0 Å². The summed E-state index contributed by atoms with van der Waals surface area (Å²) < 4.78 is 0. The highest BCUT2D eigenvalue weighted by atomic mass is 35.5. The third kappa shape index (κ3) is 3.73. The Labute approximate surface area is 124 Å². The van der Waals surface area contributed by atoms with Crippen molar-refractivity contribution in [2.45, 2.75) is 19.4 Å². The summed E-state index contributed by atoms with van der Waals surface area (Å²) in [6.07, 6.45) is 0.885. The predicted molar refractivity (Wildman–Crippen MR) is 83.1 cm³/mol. The van der Waals surface area contributed by atoms with Crippen molar-refractivity contribution in [3.8, 4) is 0 Å². The topological polar surface area (TPSA) is 12.0 Å². The summed E-state index contributed by atoms with van der Waals surface area (Å²) in [5.41, 5.74) is 3.72. The molecule has 1 unspecified atom stereocenters. The lowest BCUT2D eigenvalue weighted by Crippen LogP contribution is -2.18. The molecule has 0 saturated heterocycles. The van der Waals surface area contributed by atoms with E-state index in [1.165, 1.54) is 16.7 Å². The molecule has 0 bridgehead atoms. The van der Waals surface area contributed by atoms with Crippen LogP contribution < -0.4 is 5.32 Å². The molecule has 100 valence electrons. The van der Waals surface area contributed by atoms with E-state index in [4.69, 9.17) is 23.2 Å². The fourth-order valence-electron chi connectivity index (χ4n) is 2.09. The molecule has 0 aliphatic carbocycles. The highest BCUT2D eigenvalue weighted by Crippen LogP contribution is 2.25. The quantitative estimate of drug-likeness (QED) is 0.853. The van der Waals surface area contributed by atoms with Gasteiger partial charge in [-0.15, -0.1) is 0 Å². The van der Waals surface area contributed by atoms with Crippen LogP contribution in [0.1, 0.15) is 22.7 Å². The molecule has 0 aliphatic rings. The van der Waals surface area contributed by atoms with E-state index in [2.05, 4.69) is 36.5 Å². The second-order valence-electron chi connectivity index (χ2n) is 4.70. The fourth-order valence-corrected chi connectivity index (χ4v) is 2.41. The first-order valence-electron chi connectivity index (χ1n) is 6.28. The van der Waals surface area contributed by atoms with Crippen LogP contribution in [0.3, 0.4) is 0 Å². The van der Waals surface area contributed by atoms with Crippen LogP contribution in [0, 0.1) is 6.92 Å². The number of rotatable bonds is 4. The van der Waals surface area contributed by atoms with Crippen LogP contribution in [0.2, 0.25) is 10.0 Å². The van der Waals surface area contributed by atoms with Crippen LogP contribution in [-0.4, -0.2) is 7.05 Å². The molecule has 0 fully saturated rings. The number of nitrogens with one attached hydrogen (secondary N) is 1. The van der Waals surface area contributed by atoms with Crippen molar-refractivity contribution in [1.82, 2.24) is 5.32 Å². The van der Waals surface area contributed by atoms with Crippen molar-refractivity contribution in [3.05, 3.63) is 69.2 Å². The van der Waals surface area contributed by atoms with Gasteiger partial charge in [-0.25, -0.2) is 0 Å². The number of hydrogen-bond acceptors (Lipinski definition) is 1. The lowest BCUT2D eigenvalue weighted by molar-refractivity contribution is 0.592. The molecule has 1 nitrogen and oxygen atoms in total. The van der Waals surface area contributed by atoms with Crippen molar-refractivity contribution in [2.24, 2.45) is 0 Å². The van der Waals surface area contributed by atoms with E-state index in [1.54, 1.807) is 0 Å². The zero-order valence-corrected chi connectivity index (χ0v) is 12.6. The van der Waals surface area contributed by atoms with Crippen LogP contribution >= 0.6 is 23.2 Å². The number of benzene rings is 2. The lowest BCUT2D eigenvalue weighted by atomic mass is 9.98. The van der Waals surface area contributed by atoms with Gasteiger partial charge in [0.15, 0.2) is 0 Å². The molecule has 0 spiro atoms. The Morgan fingerprint density at radius 1 is 1.00 bits per heavy atom. The van der Waals surface area contributed by atoms with Gasteiger partial charge >= 0.3 is 0 Å². The number of aryl methyl sites for hydroxylation is 1. The first-order valence-corrected chi connectivity index (χ1v) is 7.03. The van der Waals surface area contributed by atoms with Crippen molar-refractivity contribution in [3.63, 3.8) is 0 Å². The van der Waals surface area contributed by atoms with Gasteiger partial charge in [0.1, 0.15) is 0 Å². The van der Waals surface area contributed by atoms with E-state index in [1.807, 2.05) is 25.2 Å². The molecular formula is C16H17Cl2N. The highest BCUT2D eigenvalue weighted by Gasteiger charge is 2.10. The number of hydrogen-bond donors (Lipinski definition) is 1. The highest BCUT2D eigenvalue weighted by molar-refractivity contribution is 6.42. The van der Waals surface area contributed by atoms with Crippen LogP contribution in [-0.2, 0) is 6.42 Å². The van der Waals surface area contributed by atoms with Crippen LogP contribution in [0.4, 0.5) is 0 Å². The molecule has 1 atom stereocenters. The van der Waals surface area contributed by atoms with Crippen LogP contribution in [0.15, 0.2) is 42.5 Å². The Bertz CT molecular complexity index is 549. The van der Waals surface area contributed by atoms with E-state index in [-0.39, 0.29) is 6.04 Å². The zero-order chi connectivity index (χ0) is 13.8. The van der Waals surface area contributed by atoms with Crippen molar-refractivity contribution >= 4 is 23.2 Å². The smallest absolute Gasteiger partial charge is 0.0595 e. The van der Waals surface area contributed by atoms with E-state index in [0.717, 1.165) is 6.42 Å². The predicted octanol–water partition coefficient (Wildman–Crippen LogP) is 4.81. The number of halogens is 2. The SMILES string of the molecule is CNC(Cc1ccc(Cl)c(Cl)c1)c1ccc(C)cc1. The minimum atomic E-state index is 0.276. The second-order valence-corrected chi connectivity index (χ2v) is 5.52. The Morgan fingerprint density at radius 3 is 2.26 bits per heavy atom. The average molecular weight is 294 g/mol. The Kier molecular flexibility index (Phi) is 4.87. The summed E-state index contributed by atoms with van der Waals surface area (Å²) >= 11 is 12.0. The van der Waals surface area contributed by atoms with Gasteiger partial charge in [0, 0.05) is 6.04 Å². The molecule has 2 rings (SSSR count). The van der Waals surface area contributed by atoms with Gasteiger partial charge in [-0.05, 0) is 43.7 Å². The molecule has 19 heavy (non-hydrogen) atoms. The Morgan fingerprint density at radius 2 is 1.68 bits per heavy atom. The minimum Gasteiger partial charge on any atom is -0.313 e. The average Bonchev–Trinajstić information content (AvgIpc) is 2.41. The molecular weight excluding hydrogens is 277 g/mol. The molecule has 2 aromatic carbocycles. The molecule has 2 aromatic rings. The van der Waals surface area contributed by atoms with Gasteiger partial charge in [0.05, 0.1) is 10.0 Å². The summed E-state index contributed by atoms with van der Waals surface area (Å²) in [6.45, 7) is 2.09. The minimum absolute atomic E-state index is 0.276. The first kappa shape index (κ1) is 14.4. The molecule has 1 N–H and O–H groups in total. The number of likely N-dealkylation sites (N-methyl/N-ethyl adjacent to an activating group) is 1. The first-order chi connectivity index (χ1) is 9.10. The molecule has 0 aliphatic heterocycles. The lowest BCUT2D eigenvalue weighted by Gasteiger charge is -2.17. The normalized spacial score (nSPS) is 12.4. The summed E-state index contributed by atoms with van der Waals surface area (Å²) in [4.78, 5) is 0. The standard InChI is InChI=1S/C16H17Cl2N/c1-11-3-6-13(7-4-11)16(19-2)10-12-5-8-14(17)15(18)9-12/h3-9,16,19H,10H2,1-2H3. The summed E-state index contributed by atoms with van der Waals surface area (Å²) in [7, 11) is 1.97. The third-order valence-electron chi connectivity index (χ3n) is 3.25. The monoisotopic (exact) mass is 293 g/mol. The summed E-state index contributed by atoms with van der Waals surface area (Å²) in [5.74, 6) is 0. The second kappa shape index (κ2) is 6.42. The van der Waals surface area contributed by atoms with Crippen LogP contribution in [0.5, 0.6) is 0 Å². The largest absolute Gasteiger partial charge is 0.313 e. The van der Waals surface area contributed by atoms with Gasteiger partial charge in [-0.2, -0.15) is 0 Å². The Balaban J connectivity index is 2.18. The zero-order valence-electron chi connectivity index (χ0n) is 11.1. The summed E-state index contributed by atoms with van der Waals surface area (Å²) in [6, 6.07) is 14.7.